The van der Waals surface area contributed by atoms with Crippen LogP contribution in [0.3, 0.4) is 0 Å². The molecule has 0 bridgehead atoms. The van der Waals surface area contributed by atoms with Gasteiger partial charge in [-0.25, -0.2) is 0 Å². The maximum absolute atomic E-state index is 12.6. The molecule has 0 aliphatic rings. The third kappa shape index (κ3) is 6.57. The number of hydrogen-bond acceptors (Lipinski definition) is 2. The fourth-order valence-electron chi connectivity index (χ4n) is 2.41. The van der Waals surface area contributed by atoms with Crippen LogP contribution in [0.15, 0.2) is 42.5 Å². The number of aliphatic carboxylic acids is 1. The Morgan fingerprint density at radius 2 is 1.91 bits per heavy atom. The van der Waals surface area contributed by atoms with E-state index in [0.29, 0.717) is 25.9 Å². The molecule has 1 amide bonds. The molecule has 0 spiro atoms. The zero-order valence-corrected chi connectivity index (χ0v) is 13.4. The molecular formula is C18H25NO3. The Hall–Kier alpha value is -2.10. The first kappa shape index (κ1) is 18.0. The van der Waals surface area contributed by atoms with E-state index in [2.05, 4.69) is 6.58 Å². The minimum absolute atomic E-state index is 0.0530. The van der Waals surface area contributed by atoms with Crippen LogP contribution in [-0.2, 0) is 16.1 Å². The molecule has 4 nitrogen and oxygen atoms in total. The Morgan fingerprint density at radius 1 is 1.27 bits per heavy atom. The van der Waals surface area contributed by atoms with Crippen molar-refractivity contribution in [3.63, 3.8) is 0 Å². The molecule has 1 aromatic carbocycles. The first-order chi connectivity index (χ1) is 10.4. The van der Waals surface area contributed by atoms with Crippen LogP contribution in [0.25, 0.3) is 0 Å². The average molecular weight is 303 g/mol. The van der Waals surface area contributed by atoms with Crippen molar-refractivity contribution in [2.24, 2.45) is 5.92 Å². The fraction of sp³-hybridized carbons (Fsp3) is 0.444. The third-order valence-corrected chi connectivity index (χ3v) is 3.42. The van der Waals surface area contributed by atoms with E-state index in [-0.39, 0.29) is 18.2 Å². The van der Waals surface area contributed by atoms with Crippen LogP contribution in [0.2, 0.25) is 0 Å². The molecule has 0 heterocycles. The van der Waals surface area contributed by atoms with Crippen molar-refractivity contribution in [1.29, 1.82) is 0 Å². The van der Waals surface area contributed by atoms with Crippen molar-refractivity contribution < 1.29 is 14.7 Å². The molecule has 1 N–H and O–H groups in total. The summed E-state index contributed by atoms with van der Waals surface area (Å²) in [5, 5.41) is 8.77. The van der Waals surface area contributed by atoms with Crippen molar-refractivity contribution in [2.75, 3.05) is 6.54 Å². The normalized spacial score (nSPS) is 11.7. The van der Waals surface area contributed by atoms with Crippen molar-refractivity contribution >= 4 is 11.9 Å². The van der Waals surface area contributed by atoms with E-state index in [1.807, 2.05) is 44.2 Å². The maximum Gasteiger partial charge on any atom is 0.303 e. The van der Waals surface area contributed by atoms with Crippen molar-refractivity contribution in [3.05, 3.63) is 48.0 Å². The summed E-state index contributed by atoms with van der Waals surface area (Å²) in [5.74, 6) is -0.912. The molecule has 0 aliphatic carbocycles. The molecule has 0 saturated heterocycles. The van der Waals surface area contributed by atoms with Gasteiger partial charge in [-0.2, -0.15) is 0 Å². The van der Waals surface area contributed by atoms with Gasteiger partial charge < -0.3 is 10.0 Å². The number of rotatable bonds is 9. The summed E-state index contributed by atoms with van der Waals surface area (Å²) in [6.45, 7) is 8.64. The number of carboxylic acids is 1. The molecule has 4 heteroatoms. The number of carbonyl (C=O) groups excluding carboxylic acids is 1. The first-order valence-corrected chi connectivity index (χ1v) is 7.59. The van der Waals surface area contributed by atoms with Crippen LogP contribution in [0, 0.1) is 5.92 Å². The number of hydrogen-bond donors (Lipinski definition) is 1. The molecule has 0 fully saturated rings. The van der Waals surface area contributed by atoms with Gasteiger partial charge in [-0.1, -0.05) is 42.8 Å². The van der Waals surface area contributed by atoms with Crippen LogP contribution in [0.5, 0.6) is 0 Å². The highest BCUT2D eigenvalue weighted by Gasteiger charge is 2.20. The van der Waals surface area contributed by atoms with Crippen molar-refractivity contribution in [3.8, 4) is 0 Å². The molecule has 0 radical (unpaired) electrons. The summed E-state index contributed by atoms with van der Waals surface area (Å²) in [4.78, 5) is 25.0. The molecule has 0 aliphatic heterocycles. The average Bonchev–Trinajstić information content (AvgIpc) is 2.45. The zero-order chi connectivity index (χ0) is 16.5. The van der Waals surface area contributed by atoms with Gasteiger partial charge in [0.25, 0.3) is 0 Å². The summed E-state index contributed by atoms with van der Waals surface area (Å²) >= 11 is 0. The highest BCUT2D eigenvalue weighted by atomic mass is 16.4. The summed E-state index contributed by atoms with van der Waals surface area (Å²) in [5.41, 5.74) is 2.03. The lowest BCUT2D eigenvalue weighted by molar-refractivity contribution is -0.139. The number of benzene rings is 1. The van der Waals surface area contributed by atoms with Crippen molar-refractivity contribution in [1.82, 2.24) is 4.90 Å². The van der Waals surface area contributed by atoms with Gasteiger partial charge in [-0.05, 0) is 25.3 Å². The van der Waals surface area contributed by atoms with Gasteiger partial charge >= 0.3 is 5.97 Å². The predicted octanol–water partition coefficient (Wildman–Crippen LogP) is 3.48. The third-order valence-electron chi connectivity index (χ3n) is 3.42. The van der Waals surface area contributed by atoms with E-state index in [0.717, 1.165) is 11.1 Å². The van der Waals surface area contributed by atoms with Gasteiger partial charge in [0.05, 0.1) is 0 Å². The highest BCUT2D eigenvalue weighted by Crippen LogP contribution is 2.15. The Morgan fingerprint density at radius 3 is 2.45 bits per heavy atom. The minimum atomic E-state index is -0.831. The molecule has 1 atom stereocenters. The summed E-state index contributed by atoms with van der Waals surface area (Å²) in [6, 6.07) is 9.75. The summed E-state index contributed by atoms with van der Waals surface area (Å²) in [6.07, 6.45) is 1.20. The number of carboxylic acid groups (broad SMARTS) is 1. The predicted molar refractivity (Wildman–Crippen MR) is 87.3 cm³/mol. The van der Waals surface area contributed by atoms with Gasteiger partial charge in [0, 0.05) is 25.4 Å². The molecule has 120 valence electrons. The largest absolute Gasteiger partial charge is 0.481 e. The van der Waals surface area contributed by atoms with Crippen LogP contribution in [-0.4, -0.2) is 28.4 Å². The van der Waals surface area contributed by atoms with Gasteiger partial charge in [0.1, 0.15) is 0 Å². The lowest BCUT2D eigenvalue weighted by Gasteiger charge is -2.26. The van der Waals surface area contributed by atoms with Gasteiger partial charge in [0.2, 0.25) is 5.91 Å². The van der Waals surface area contributed by atoms with Gasteiger partial charge in [-0.3, -0.25) is 9.59 Å². The van der Waals surface area contributed by atoms with Gasteiger partial charge in [-0.15, -0.1) is 6.58 Å². The number of amides is 1. The molecule has 0 saturated carbocycles. The van der Waals surface area contributed by atoms with Crippen LogP contribution in [0.1, 0.15) is 38.7 Å². The van der Waals surface area contributed by atoms with E-state index in [4.69, 9.17) is 5.11 Å². The summed E-state index contributed by atoms with van der Waals surface area (Å²) < 4.78 is 0. The zero-order valence-electron chi connectivity index (χ0n) is 13.4. The second-order valence-electron chi connectivity index (χ2n) is 5.80. The molecule has 1 aromatic rings. The van der Waals surface area contributed by atoms with Crippen LogP contribution < -0.4 is 0 Å². The number of allylic oxidation sites excluding steroid dienone is 1. The minimum Gasteiger partial charge on any atom is -0.481 e. The monoisotopic (exact) mass is 303 g/mol. The fourth-order valence-corrected chi connectivity index (χ4v) is 2.41. The standard InChI is InChI=1S/C18H25NO3/c1-14(2)12-15(3)18(22)19(11-7-10-17(20)21)13-16-8-5-4-6-9-16/h4-6,8-9,15H,1,7,10-13H2,2-3H3,(H,20,21). The second kappa shape index (κ2) is 9.03. The summed E-state index contributed by atoms with van der Waals surface area (Å²) in [7, 11) is 0. The molecule has 22 heavy (non-hydrogen) atoms. The van der Waals surface area contributed by atoms with Crippen LogP contribution in [0.4, 0.5) is 0 Å². The van der Waals surface area contributed by atoms with E-state index in [1.165, 1.54) is 0 Å². The topological polar surface area (TPSA) is 57.6 Å². The smallest absolute Gasteiger partial charge is 0.303 e. The molecule has 1 rings (SSSR count). The van der Waals surface area contributed by atoms with E-state index < -0.39 is 5.97 Å². The Labute approximate surface area is 132 Å². The Balaban J connectivity index is 2.73. The van der Waals surface area contributed by atoms with Gasteiger partial charge in [0.15, 0.2) is 0 Å². The second-order valence-corrected chi connectivity index (χ2v) is 5.80. The first-order valence-electron chi connectivity index (χ1n) is 7.59. The number of carbonyl (C=O) groups is 2. The lowest BCUT2D eigenvalue weighted by Crippen LogP contribution is -2.35. The van der Waals surface area contributed by atoms with Crippen molar-refractivity contribution in [2.45, 2.75) is 39.7 Å². The Bertz CT molecular complexity index is 510. The Kier molecular flexibility index (Phi) is 7.37. The highest BCUT2D eigenvalue weighted by molar-refractivity contribution is 5.78. The molecule has 1 unspecified atom stereocenters. The lowest BCUT2D eigenvalue weighted by atomic mass is 10.0. The van der Waals surface area contributed by atoms with Crippen LogP contribution >= 0.6 is 0 Å². The van der Waals surface area contributed by atoms with E-state index >= 15 is 0 Å². The van der Waals surface area contributed by atoms with E-state index in [1.54, 1.807) is 4.90 Å². The SMILES string of the molecule is C=C(C)CC(C)C(=O)N(CCCC(=O)O)Cc1ccccc1. The quantitative estimate of drug-likeness (QED) is 0.711. The number of nitrogens with zero attached hydrogens (tertiary/aromatic N) is 1. The maximum atomic E-state index is 12.6. The van der Waals surface area contributed by atoms with E-state index in [9.17, 15) is 9.59 Å². The molecular weight excluding hydrogens is 278 g/mol. The molecule has 0 aromatic heterocycles.